The molecular formula is C23H16BrNO4S2. The second-order valence-corrected chi connectivity index (χ2v) is 9.30. The van der Waals surface area contributed by atoms with E-state index in [0.717, 1.165) is 12.0 Å². The Kier molecular flexibility index (Phi) is 6.41. The van der Waals surface area contributed by atoms with Crippen LogP contribution < -0.4 is 0 Å². The first kappa shape index (κ1) is 21.5. The van der Waals surface area contributed by atoms with Crippen LogP contribution in [0.2, 0.25) is 0 Å². The summed E-state index contributed by atoms with van der Waals surface area (Å²) in [4.78, 5) is 26.3. The predicted octanol–water partition coefficient (Wildman–Crippen LogP) is 5.85. The van der Waals surface area contributed by atoms with Crippen molar-refractivity contribution in [3.8, 4) is 11.3 Å². The Morgan fingerprint density at radius 3 is 2.68 bits per heavy atom. The van der Waals surface area contributed by atoms with E-state index in [0.29, 0.717) is 37.3 Å². The van der Waals surface area contributed by atoms with E-state index in [9.17, 15) is 14.7 Å². The van der Waals surface area contributed by atoms with Gasteiger partial charge in [0, 0.05) is 22.7 Å². The summed E-state index contributed by atoms with van der Waals surface area (Å²) in [6.07, 6.45) is 2.39. The Hall–Kier alpha value is -2.68. The molecule has 0 spiro atoms. The van der Waals surface area contributed by atoms with E-state index in [2.05, 4.69) is 15.9 Å². The molecule has 5 nitrogen and oxygen atoms in total. The van der Waals surface area contributed by atoms with E-state index >= 15 is 0 Å². The molecule has 1 fully saturated rings. The van der Waals surface area contributed by atoms with E-state index in [1.165, 1.54) is 17.8 Å². The number of carbonyl (C=O) groups excluding carboxylic acids is 1. The number of carboxylic acids is 1. The van der Waals surface area contributed by atoms with Gasteiger partial charge >= 0.3 is 5.97 Å². The summed E-state index contributed by atoms with van der Waals surface area (Å²) in [5.41, 5.74) is 1.93. The molecule has 1 amide bonds. The van der Waals surface area contributed by atoms with Gasteiger partial charge in [0.1, 0.15) is 15.8 Å². The highest BCUT2D eigenvalue weighted by molar-refractivity contribution is 9.10. The van der Waals surface area contributed by atoms with Crippen molar-refractivity contribution in [2.24, 2.45) is 0 Å². The third-order valence-corrected chi connectivity index (χ3v) is 6.79. The fraction of sp³-hybridized carbons (Fsp3) is 0.0870. The highest BCUT2D eigenvalue weighted by Crippen LogP contribution is 2.34. The van der Waals surface area contributed by atoms with Gasteiger partial charge in [-0.15, -0.1) is 0 Å². The Balaban J connectivity index is 1.50. The van der Waals surface area contributed by atoms with Crippen molar-refractivity contribution >= 4 is 62.2 Å². The summed E-state index contributed by atoms with van der Waals surface area (Å²) < 4.78 is 6.86. The molecule has 0 aliphatic carbocycles. The number of thiocarbonyl (C=S) groups is 1. The third kappa shape index (κ3) is 4.81. The number of nitrogens with zero attached hydrogens (tertiary/aromatic N) is 1. The number of rotatable bonds is 6. The highest BCUT2D eigenvalue weighted by Gasteiger charge is 2.32. The average molecular weight is 514 g/mol. The van der Waals surface area contributed by atoms with E-state index in [4.69, 9.17) is 16.6 Å². The number of aromatic carboxylic acids is 1. The predicted molar refractivity (Wildman–Crippen MR) is 129 cm³/mol. The molecule has 1 N–H and O–H groups in total. The number of hydrogen-bond donors (Lipinski definition) is 1. The fourth-order valence-electron chi connectivity index (χ4n) is 3.14. The smallest absolute Gasteiger partial charge is 0.336 e. The molecule has 2 aromatic carbocycles. The van der Waals surface area contributed by atoms with Gasteiger partial charge in [-0.1, -0.05) is 60.4 Å². The van der Waals surface area contributed by atoms with Crippen LogP contribution >= 0.6 is 39.9 Å². The number of carboxylic acid groups (broad SMARTS) is 1. The van der Waals surface area contributed by atoms with Crippen molar-refractivity contribution in [2.45, 2.75) is 6.42 Å². The topological polar surface area (TPSA) is 70.8 Å². The zero-order valence-electron chi connectivity index (χ0n) is 16.1. The van der Waals surface area contributed by atoms with Gasteiger partial charge in [-0.2, -0.15) is 0 Å². The summed E-state index contributed by atoms with van der Waals surface area (Å²) in [5, 5.41) is 9.30. The molecule has 1 aromatic heterocycles. The number of benzene rings is 2. The van der Waals surface area contributed by atoms with Crippen molar-refractivity contribution in [3.63, 3.8) is 0 Å². The molecule has 0 unspecified atom stereocenters. The van der Waals surface area contributed by atoms with E-state index < -0.39 is 5.97 Å². The number of thioether (sulfide) groups is 1. The van der Waals surface area contributed by atoms with Gasteiger partial charge in [0.15, 0.2) is 0 Å². The molecule has 0 saturated carbocycles. The lowest BCUT2D eigenvalue weighted by Gasteiger charge is -2.14. The Bertz CT molecular complexity index is 1200. The Labute approximate surface area is 196 Å². The zero-order valence-corrected chi connectivity index (χ0v) is 19.3. The number of carbonyl (C=O) groups is 2. The van der Waals surface area contributed by atoms with Crippen LogP contribution in [0, 0.1) is 0 Å². The summed E-state index contributed by atoms with van der Waals surface area (Å²) >= 11 is 9.88. The van der Waals surface area contributed by atoms with Crippen LogP contribution in [0.3, 0.4) is 0 Å². The molecule has 1 aliphatic heterocycles. The number of hydrogen-bond acceptors (Lipinski definition) is 5. The number of halogens is 1. The number of amides is 1. The van der Waals surface area contributed by atoms with Crippen molar-refractivity contribution < 1.29 is 19.1 Å². The van der Waals surface area contributed by atoms with Gasteiger partial charge in [0.25, 0.3) is 5.91 Å². The van der Waals surface area contributed by atoms with E-state index in [1.54, 1.807) is 35.2 Å². The summed E-state index contributed by atoms with van der Waals surface area (Å²) in [5.74, 6) is -0.153. The lowest BCUT2D eigenvalue weighted by molar-refractivity contribution is -0.122. The molecule has 1 saturated heterocycles. The first-order valence-electron chi connectivity index (χ1n) is 9.35. The molecule has 3 aromatic rings. The molecule has 0 bridgehead atoms. The SMILES string of the molecule is O=C(O)c1cc(-c2ccc(/C=C3\SC(=S)N(CCc4ccccc4)C3=O)o2)ccc1Br. The molecule has 4 rings (SSSR count). The van der Waals surface area contributed by atoms with Gasteiger partial charge in [0.05, 0.1) is 10.5 Å². The normalized spacial score (nSPS) is 15.1. The maximum atomic E-state index is 12.8. The summed E-state index contributed by atoms with van der Waals surface area (Å²) in [6, 6.07) is 18.4. The fourth-order valence-corrected chi connectivity index (χ4v) is 4.84. The molecule has 0 radical (unpaired) electrons. The highest BCUT2D eigenvalue weighted by atomic mass is 79.9. The maximum Gasteiger partial charge on any atom is 0.336 e. The van der Waals surface area contributed by atoms with Crippen molar-refractivity contribution in [2.75, 3.05) is 6.54 Å². The first-order chi connectivity index (χ1) is 14.9. The quantitative estimate of drug-likeness (QED) is 0.329. The minimum absolute atomic E-state index is 0.138. The minimum atomic E-state index is -1.03. The zero-order chi connectivity index (χ0) is 22.0. The van der Waals surface area contributed by atoms with Crippen LogP contribution in [0.25, 0.3) is 17.4 Å². The Morgan fingerprint density at radius 2 is 1.94 bits per heavy atom. The molecule has 1 aliphatic rings. The molecule has 8 heteroatoms. The largest absolute Gasteiger partial charge is 0.478 e. The molecule has 0 atom stereocenters. The molecule has 156 valence electrons. The van der Waals surface area contributed by atoms with Crippen molar-refractivity contribution in [1.82, 2.24) is 4.90 Å². The van der Waals surface area contributed by atoms with Crippen molar-refractivity contribution in [1.29, 1.82) is 0 Å². The monoisotopic (exact) mass is 513 g/mol. The standard InChI is InChI=1S/C23H16BrNO4S2/c24-18-8-6-15(12-17(18)22(27)28)19-9-7-16(29-19)13-20-21(26)25(23(30)31-20)11-10-14-4-2-1-3-5-14/h1-9,12-13H,10-11H2,(H,27,28)/b20-13-. The lowest BCUT2D eigenvalue weighted by atomic mass is 10.1. The van der Waals surface area contributed by atoms with Crippen LogP contribution in [0.5, 0.6) is 0 Å². The van der Waals surface area contributed by atoms with Gasteiger partial charge in [-0.25, -0.2) is 4.79 Å². The van der Waals surface area contributed by atoms with Crippen LogP contribution in [0.15, 0.2) is 74.5 Å². The molecule has 2 heterocycles. The summed E-state index contributed by atoms with van der Waals surface area (Å²) in [7, 11) is 0. The van der Waals surface area contributed by atoms with Gasteiger partial charge < -0.3 is 9.52 Å². The van der Waals surface area contributed by atoms with Crippen molar-refractivity contribution in [3.05, 3.63) is 86.9 Å². The first-order valence-corrected chi connectivity index (χ1v) is 11.4. The van der Waals surface area contributed by atoms with Crippen LogP contribution in [0.1, 0.15) is 21.7 Å². The third-order valence-electron chi connectivity index (χ3n) is 4.72. The van der Waals surface area contributed by atoms with Gasteiger partial charge in [-0.3, -0.25) is 9.69 Å². The van der Waals surface area contributed by atoms with Gasteiger partial charge in [0.2, 0.25) is 0 Å². The van der Waals surface area contributed by atoms with Crippen LogP contribution in [0.4, 0.5) is 0 Å². The second kappa shape index (κ2) is 9.21. The van der Waals surface area contributed by atoms with Crippen LogP contribution in [-0.4, -0.2) is 32.7 Å². The summed E-state index contributed by atoms with van der Waals surface area (Å²) in [6.45, 7) is 0.520. The van der Waals surface area contributed by atoms with E-state index in [1.807, 2.05) is 30.3 Å². The molecular weight excluding hydrogens is 498 g/mol. The number of furan rings is 1. The lowest BCUT2D eigenvalue weighted by Crippen LogP contribution is -2.30. The maximum absolute atomic E-state index is 12.8. The molecule has 31 heavy (non-hydrogen) atoms. The average Bonchev–Trinajstić information content (AvgIpc) is 3.32. The van der Waals surface area contributed by atoms with E-state index in [-0.39, 0.29) is 11.5 Å². The minimum Gasteiger partial charge on any atom is -0.478 e. The van der Waals surface area contributed by atoms with Gasteiger partial charge in [-0.05, 0) is 52.2 Å². The second-order valence-electron chi connectivity index (χ2n) is 6.77. The van der Waals surface area contributed by atoms with Crippen LogP contribution in [-0.2, 0) is 11.2 Å². The Morgan fingerprint density at radius 1 is 1.16 bits per heavy atom.